The molecule has 1 saturated heterocycles. The number of hydrogen-bond acceptors (Lipinski definition) is 3. The van der Waals surface area contributed by atoms with Gasteiger partial charge in [-0.2, -0.15) is 0 Å². The highest BCUT2D eigenvalue weighted by molar-refractivity contribution is 9.10. The predicted octanol–water partition coefficient (Wildman–Crippen LogP) is 1.89. The Morgan fingerprint density at radius 3 is 2.76 bits per heavy atom. The zero-order valence-corrected chi connectivity index (χ0v) is 14.0. The van der Waals surface area contributed by atoms with Crippen molar-refractivity contribution in [2.75, 3.05) is 26.2 Å². The monoisotopic (exact) mass is 357 g/mol. The third-order valence-electron chi connectivity index (χ3n) is 3.91. The maximum Gasteiger partial charge on any atom is 0.240 e. The van der Waals surface area contributed by atoms with Crippen LogP contribution in [-0.4, -0.2) is 42.5 Å². The number of hydrogen-bond donors (Lipinski definition) is 2. The quantitative estimate of drug-likeness (QED) is 0.864. The summed E-state index contributed by atoms with van der Waals surface area (Å²) < 4.78 is 14.5. The van der Waals surface area contributed by atoms with Gasteiger partial charge in [-0.05, 0) is 32.0 Å². The molecule has 2 N–H and O–H groups in total. The molecule has 1 amide bonds. The van der Waals surface area contributed by atoms with E-state index in [1.807, 2.05) is 13.8 Å². The van der Waals surface area contributed by atoms with Gasteiger partial charge in [0.05, 0.1) is 5.54 Å². The summed E-state index contributed by atoms with van der Waals surface area (Å²) >= 11 is 3.31. The van der Waals surface area contributed by atoms with Crippen molar-refractivity contribution in [3.63, 3.8) is 0 Å². The van der Waals surface area contributed by atoms with Crippen molar-refractivity contribution in [2.45, 2.75) is 25.9 Å². The summed E-state index contributed by atoms with van der Waals surface area (Å²) in [6.07, 6.45) is 0. The highest BCUT2D eigenvalue weighted by Crippen LogP contribution is 2.18. The molecule has 1 aliphatic rings. The van der Waals surface area contributed by atoms with E-state index < -0.39 is 5.54 Å². The van der Waals surface area contributed by atoms with Crippen molar-refractivity contribution in [1.29, 1.82) is 0 Å². The van der Waals surface area contributed by atoms with Gasteiger partial charge in [-0.15, -0.1) is 0 Å². The number of amides is 1. The number of carbonyl (C=O) groups excluding carboxylic acids is 1. The molecule has 1 fully saturated rings. The van der Waals surface area contributed by atoms with E-state index in [-0.39, 0.29) is 18.3 Å². The third kappa shape index (κ3) is 4.02. The van der Waals surface area contributed by atoms with Crippen LogP contribution in [-0.2, 0) is 11.3 Å². The maximum atomic E-state index is 13.7. The largest absolute Gasteiger partial charge is 0.350 e. The fourth-order valence-electron chi connectivity index (χ4n) is 2.44. The molecule has 21 heavy (non-hydrogen) atoms. The minimum absolute atomic E-state index is 0.0798. The van der Waals surface area contributed by atoms with Gasteiger partial charge >= 0.3 is 0 Å². The molecular weight excluding hydrogens is 337 g/mol. The molecule has 4 nitrogen and oxygen atoms in total. The molecule has 6 heteroatoms. The summed E-state index contributed by atoms with van der Waals surface area (Å²) in [4.78, 5) is 14.6. The Balaban J connectivity index is 1.98. The van der Waals surface area contributed by atoms with Crippen LogP contribution in [0.25, 0.3) is 0 Å². The van der Waals surface area contributed by atoms with Gasteiger partial charge in [0.25, 0.3) is 0 Å². The van der Waals surface area contributed by atoms with Crippen LogP contribution >= 0.6 is 15.9 Å². The minimum Gasteiger partial charge on any atom is -0.350 e. The normalized spacial score (nSPS) is 16.8. The van der Waals surface area contributed by atoms with E-state index in [9.17, 15) is 9.18 Å². The number of benzene rings is 1. The summed E-state index contributed by atoms with van der Waals surface area (Å²) in [6.45, 7) is 7.46. The smallest absolute Gasteiger partial charge is 0.240 e. The van der Waals surface area contributed by atoms with Crippen molar-refractivity contribution < 1.29 is 9.18 Å². The van der Waals surface area contributed by atoms with Crippen LogP contribution in [0, 0.1) is 5.82 Å². The van der Waals surface area contributed by atoms with E-state index in [2.05, 4.69) is 31.5 Å². The van der Waals surface area contributed by atoms with Crippen molar-refractivity contribution in [3.8, 4) is 0 Å². The van der Waals surface area contributed by atoms with Gasteiger partial charge in [0.1, 0.15) is 5.82 Å². The van der Waals surface area contributed by atoms with Crippen LogP contribution in [0.5, 0.6) is 0 Å². The molecule has 1 heterocycles. The molecule has 0 spiro atoms. The van der Waals surface area contributed by atoms with E-state index in [1.165, 1.54) is 6.07 Å². The summed E-state index contributed by atoms with van der Waals surface area (Å²) in [5.74, 6) is -0.387. The SMILES string of the molecule is CC(C)(C(=O)NCc1cc(Br)ccc1F)N1CCNCC1. The molecule has 1 aromatic rings. The average molecular weight is 358 g/mol. The Kier molecular flexibility index (Phi) is 5.35. The van der Waals surface area contributed by atoms with Crippen molar-refractivity contribution in [1.82, 2.24) is 15.5 Å². The summed E-state index contributed by atoms with van der Waals surface area (Å²) in [5.41, 5.74) is -0.112. The fourth-order valence-corrected chi connectivity index (χ4v) is 2.85. The molecule has 0 aliphatic carbocycles. The molecule has 0 atom stereocenters. The molecule has 116 valence electrons. The van der Waals surface area contributed by atoms with Crippen molar-refractivity contribution >= 4 is 21.8 Å². The predicted molar refractivity (Wildman–Crippen MR) is 84.5 cm³/mol. The zero-order valence-electron chi connectivity index (χ0n) is 12.4. The first-order chi connectivity index (χ1) is 9.91. The second-order valence-corrected chi connectivity index (χ2v) is 6.63. The minimum atomic E-state index is -0.593. The lowest BCUT2D eigenvalue weighted by Crippen LogP contribution is -2.59. The second kappa shape index (κ2) is 6.85. The topological polar surface area (TPSA) is 44.4 Å². The van der Waals surface area contributed by atoms with Crippen LogP contribution < -0.4 is 10.6 Å². The van der Waals surface area contributed by atoms with E-state index >= 15 is 0 Å². The first-order valence-corrected chi connectivity index (χ1v) is 7.88. The lowest BCUT2D eigenvalue weighted by atomic mass is 10.0. The van der Waals surface area contributed by atoms with Gasteiger partial charge in [-0.1, -0.05) is 15.9 Å². The molecule has 1 aliphatic heterocycles. The Morgan fingerprint density at radius 1 is 1.43 bits per heavy atom. The lowest BCUT2D eigenvalue weighted by Gasteiger charge is -2.39. The number of piperazine rings is 1. The molecule has 0 radical (unpaired) electrons. The first kappa shape index (κ1) is 16.4. The van der Waals surface area contributed by atoms with Crippen LogP contribution in [0.3, 0.4) is 0 Å². The Bertz CT molecular complexity index is 516. The number of nitrogens with one attached hydrogen (secondary N) is 2. The molecule has 0 saturated carbocycles. The number of carbonyl (C=O) groups is 1. The zero-order chi connectivity index (χ0) is 15.5. The van der Waals surface area contributed by atoms with E-state index in [0.717, 1.165) is 30.7 Å². The molecule has 0 aromatic heterocycles. The van der Waals surface area contributed by atoms with Gasteiger partial charge in [0.15, 0.2) is 0 Å². The summed E-state index contributed by atoms with van der Waals surface area (Å²) in [7, 11) is 0. The average Bonchev–Trinajstić information content (AvgIpc) is 2.48. The molecule has 1 aromatic carbocycles. The van der Waals surface area contributed by atoms with Crippen LogP contribution in [0.4, 0.5) is 4.39 Å². The van der Waals surface area contributed by atoms with E-state index in [4.69, 9.17) is 0 Å². The van der Waals surface area contributed by atoms with Crippen molar-refractivity contribution in [3.05, 3.63) is 34.1 Å². The fraction of sp³-hybridized carbons (Fsp3) is 0.533. The van der Waals surface area contributed by atoms with Gasteiger partial charge < -0.3 is 10.6 Å². The Morgan fingerprint density at radius 2 is 2.10 bits per heavy atom. The maximum absolute atomic E-state index is 13.7. The number of halogens is 2. The molecule has 0 bridgehead atoms. The Labute approximate surface area is 133 Å². The number of nitrogens with zero attached hydrogens (tertiary/aromatic N) is 1. The highest BCUT2D eigenvalue weighted by atomic mass is 79.9. The second-order valence-electron chi connectivity index (χ2n) is 5.71. The van der Waals surface area contributed by atoms with E-state index in [1.54, 1.807) is 12.1 Å². The van der Waals surface area contributed by atoms with E-state index in [0.29, 0.717) is 5.56 Å². The van der Waals surface area contributed by atoms with Crippen LogP contribution in [0.2, 0.25) is 0 Å². The highest BCUT2D eigenvalue weighted by Gasteiger charge is 2.34. The summed E-state index contributed by atoms with van der Waals surface area (Å²) in [6, 6.07) is 4.73. The molecule has 2 rings (SSSR count). The van der Waals surface area contributed by atoms with Gasteiger partial charge in [-0.25, -0.2) is 4.39 Å². The lowest BCUT2D eigenvalue weighted by molar-refractivity contribution is -0.132. The number of rotatable bonds is 4. The Hall–Kier alpha value is -0.980. The third-order valence-corrected chi connectivity index (χ3v) is 4.40. The van der Waals surface area contributed by atoms with Gasteiger partial charge in [-0.3, -0.25) is 9.69 Å². The van der Waals surface area contributed by atoms with Gasteiger partial charge in [0.2, 0.25) is 5.91 Å². The summed E-state index contributed by atoms with van der Waals surface area (Å²) in [5, 5.41) is 6.11. The molecular formula is C15H21BrFN3O. The van der Waals surface area contributed by atoms with Crippen molar-refractivity contribution in [2.24, 2.45) is 0 Å². The molecule has 0 unspecified atom stereocenters. The first-order valence-electron chi connectivity index (χ1n) is 7.09. The van der Waals surface area contributed by atoms with Crippen LogP contribution in [0.15, 0.2) is 22.7 Å². The standard InChI is InChI=1S/C15H21BrFN3O/c1-15(2,20-7-5-18-6-8-20)14(21)19-10-11-9-12(16)3-4-13(11)17/h3-4,9,18H,5-8,10H2,1-2H3,(H,19,21). The van der Waals surface area contributed by atoms with Crippen LogP contribution in [0.1, 0.15) is 19.4 Å². The van der Waals surface area contributed by atoms with Gasteiger partial charge in [0, 0.05) is 42.8 Å².